The number of carbonyl (C=O) groups excluding carboxylic acids is 2. The number of aryl methyl sites for hydroxylation is 1. The summed E-state index contributed by atoms with van der Waals surface area (Å²) >= 11 is 0. The number of benzene rings is 2. The number of ether oxygens (including phenoxy) is 3. The Hall–Kier alpha value is -3.28. The van der Waals surface area contributed by atoms with Gasteiger partial charge in [0.1, 0.15) is 0 Å². The van der Waals surface area contributed by atoms with Gasteiger partial charge in [-0.3, -0.25) is 4.79 Å². The van der Waals surface area contributed by atoms with Crippen LogP contribution in [0.5, 0.6) is 11.5 Å². The maximum Gasteiger partial charge on any atom is 0.331 e. The molecule has 1 atom stereocenters. The molecule has 1 amide bonds. The lowest BCUT2D eigenvalue weighted by atomic mass is 10.2. The number of carbonyl (C=O) groups is 2. The van der Waals surface area contributed by atoms with Crippen molar-refractivity contribution in [3.05, 3.63) is 59.7 Å². The van der Waals surface area contributed by atoms with Crippen molar-refractivity contribution in [2.45, 2.75) is 20.0 Å². The summed E-state index contributed by atoms with van der Waals surface area (Å²) in [6.07, 6.45) is 1.92. The Morgan fingerprint density at radius 1 is 1.04 bits per heavy atom. The molecule has 0 radical (unpaired) electrons. The van der Waals surface area contributed by atoms with Gasteiger partial charge in [-0.25, -0.2) is 4.79 Å². The predicted octanol–water partition coefficient (Wildman–Crippen LogP) is 3.60. The van der Waals surface area contributed by atoms with Crippen LogP contribution in [0.2, 0.25) is 0 Å². The Balaban J connectivity index is 1.95. The molecule has 27 heavy (non-hydrogen) atoms. The molecular formula is C21H23NO5. The fourth-order valence-corrected chi connectivity index (χ4v) is 2.34. The molecule has 0 aliphatic rings. The van der Waals surface area contributed by atoms with E-state index < -0.39 is 18.0 Å². The molecule has 0 fully saturated rings. The van der Waals surface area contributed by atoms with Gasteiger partial charge < -0.3 is 19.5 Å². The fourth-order valence-electron chi connectivity index (χ4n) is 2.34. The molecule has 2 rings (SSSR count). The molecule has 0 saturated heterocycles. The van der Waals surface area contributed by atoms with E-state index in [-0.39, 0.29) is 0 Å². The van der Waals surface area contributed by atoms with Crippen LogP contribution in [0.3, 0.4) is 0 Å². The molecular weight excluding hydrogens is 346 g/mol. The smallest absolute Gasteiger partial charge is 0.331 e. The summed E-state index contributed by atoms with van der Waals surface area (Å²) < 4.78 is 15.5. The van der Waals surface area contributed by atoms with Crippen LogP contribution < -0.4 is 14.8 Å². The van der Waals surface area contributed by atoms with E-state index in [0.29, 0.717) is 17.2 Å². The highest BCUT2D eigenvalue weighted by Crippen LogP contribution is 2.28. The molecule has 6 nitrogen and oxygen atoms in total. The number of esters is 1. The van der Waals surface area contributed by atoms with Gasteiger partial charge in [-0.2, -0.15) is 0 Å². The molecule has 6 heteroatoms. The number of nitrogens with one attached hydrogen (secondary N) is 1. The van der Waals surface area contributed by atoms with Crippen LogP contribution >= 0.6 is 0 Å². The van der Waals surface area contributed by atoms with Crippen LogP contribution in [-0.4, -0.2) is 32.2 Å². The lowest BCUT2D eigenvalue weighted by molar-refractivity contribution is -0.148. The minimum atomic E-state index is -0.924. The van der Waals surface area contributed by atoms with E-state index in [0.717, 1.165) is 11.1 Å². The van der Waals surface area contributed by atoms with E-state index >= 15 is 0 Å². The third-order valence-electron chi connectivity index (χ3n) is 3.88. The van der Waals surface area contributed by atoms with E-state index in [4.69, 9.17) is 14.2 Å². The number of amides is 1. The summed E-state index contributed by atoms with van der Waals surface area (Å²) in [6.45, 7) is 3.41. The summed E-state index contributed by atoms with van der Waals surface area (Å²) in [6, 6.07) is 12.6. The molecule has 1 N–H and O–H groups in total. The summed E-state index contributed by atoms with van der Waals surface area (Å²) in [4.78, 5) is 24.2. The lowest BCUT2D eigenvalue weighted by Crippen LogP contribution is -2.29. The minimum Gasteiger partial charge on any atom is -0.493 e. The minimum absolute atomic E-state index is 0.392. The van der Waals surface area contributed by atoms with Gasteiger partial charge in [-0.1, -0.05) is 24.3 Å². The van der Waals surface area contributed by atoms with Gasteiger partial charge in [-0.05, 0) is 49.2 Å². The topological polar surface area (TPSA) is 73.9 Å². The largest absolute Gasteiger partial charge is 0.493 e. The zero-order valence-electron chi connectivity index (χ0n) is 15.8. The van der Waals surface area contributed by atoms with Crippen molar-refractivity contribution in [1.29, 1.82) is 0 Å². The second-order valence-corrected chi connectivity index (χ2v) is 5.83. The first-order valence-corrected chi connectivity index (χ1v) is 8.41. The Kier molecular flexibility index (Phi) is 7.00. The van der Waals surface area contributed by atoms with Gasteiger partial charge in [-0.15, -0.1) is 0 Å². The summed E-state index contributed by atoms with van der Waals surface area (Å²) in [5.74, 6) is 0.145. The predicted molar refractivity (Wildman–Crippen MR) is 104 cm³/mol. The standard InChI is InChI=1S/C21H23NO5/c1-14-7-5-6-8-17(14)22-21(24)15(2)27-20(23)12-10-16-9-11-18(25-3)19(13-16)26-4/h5-13,15H,1-4H3,(H,22,24)/b12-10+. The number of hydrogen-bond acceptors (Lipinski definition) is 5. The quantitative estimate of drug-likeness (QED) is 0.596. The van der Waals surface area contributed by atoms with Crippen molar-refractivity contribution in [3.63, 3.8) is 0 Å². The molecule has 2 aromatic carbocycles. The first-order valence-electron chi connectivity index (χ1n) is 8.41. The number of anilines is 1. The van der Waals surface area contributed by atoms with Crippen LogP contribution in [0.1, 0.15) is 18.1 Å². The van der Waals surface area contributed by atoms with Crippen molar-refractivity contribution >= 4 is 23.6 Å². The molecule has 2 aromatic rings. The van der Waals surface area contributed by atoms with Crippen molar-refractivity contribution in [2.75, 3.05) is 19.5 Å². The highest BCUT2D eigenvalue weighted by molar-refractivity contribution is 5.97. The Morgan fingerprint density at radius 2 is 1.74 bits per heavy atom. The molecule has 0 bridgehead atoms. The van der Waals surface area contributed by atoms with E-state index in [1.54, 1.807) is 37.5 Å². The van der Waals surface area contributed by atoms with Gasteiger partial charge in [0.2, 0.25) is 0 Å². The van der Waals surface area contributed by atoms with Crippen molar-refractivity contribution in [2.24, 2.45) is 0 Å². The molecule has 0 aliphatic carbocycles. The van der Waals surface area contributed by atoms with Crippen molar-refractivity contribution < 1.29 is 23.8 Å². The van der Waals surface area contributed by atoms with E-state index in [2.05, 4.69) is 5.32 Å². The Labute approximate surface area is 158 Å². The summed E-state index contributed by atoms with van der Waals surface area (Å²) in [5, 5.41) is 2.75. The third-order valence-corrected chi connectivity index (χ3v) is 3.88. The molecule has 0 saturated carbocycles. The van der Waals surface area contributed by atoms with Crippen molar-refractivity contribution in [3.8, 4) is 11.5 Å². The average molecular weight is 369 g/mol. The van der Waals surface area contributed by atoms with Crippen LogP contribution in [0.4, 0.5) is 5.69 Å². The molecule has 0 spiro atoms. The molecule has 1 unspecified atom stereocenters. The molecule has 142 valence electrons. The van der Waals surface area contributed by atoms with Crippen LogP contribution in [0, 0.1) is 6.92 Å². The molecule has 0 aromatic heterocycles. The molecule has 0 aliphatic heterocycles. The van der Waals surface area contributed by atoms with E-state index in [1.165, 1.54) is 20.1 Å². The summed E-state index contributed by atoms with van der Waals surface area (Å²) in [5.41, 5.74) is 2.35. The maximum absolute atomic E-state index is 12.2. The van der Waals surface area contributed by atoms with Crippen LogP contribution in [0.25, 0.3) is 6.08 Å². The van der Waals surface area contributed by atoms with Gasteiger partial charge >= 0.3 is 5.97 Å². The molecule has 0 heterocycles. The van der Waals surface area contributed by atoms with Gasteiger partial charge in [0.15, 0.2) is 17.6 Å². The van der Waals surface area contributed by atoms with Crippen LogP contribution in [-0.2, 0) is 14.3 Å². The van der Waals surface area contributed by atoms with Crippen molar-refractivity contribution in [1.82, 2.24) is 0 Å². The number of hydrogen-bond donors (Lipinski definition) is 1. The first-order chi connectivity index (χ1) is 12.9. The summed E-state index contributed by atoms with van der Waals surface area (Å²) in [7, 11) is 3.09. The van der Waals surface area contributed by atoms with Gasteiger partial charge in [0, 0.05) is 11.8 Å². The SMILES string of the molecule is COc1ccc(/C=C/C(=O)OC(C)C(=O)Nc2ccccc2C)cc1OC. The first kappa shape index (κ1) is 20.0. The fraction of sp³-hybridized carbons (Fsp3) is 0.238. The normalized spacial score (nSPS) is 11.7. The average Bonchev–Trinajstić information content (AvgIpc) is 2.67. The van der Waals surface area contributed by atoms with Gasteiger partial charge in [0.25, 0.3) is 5.91 Å². The zero-order chi connectivity index (χ0) is 19.8. The Morgan fingerprint density at radius 3 is 2.41 bits per heavy atom. The highest BCUT2D eigenvalue weighted by Gasteiger charge is 2.17. The lowest BCUT2D eigenvalue weighted by Gasteiger charge is -2.13. The number of methoxy groups -OCH3 is 2. The Bertz CT molecular complexity index is 844. The second-order valence-electron chi connectivity index (χ2n) is 5.83. The van der Waals surface area contributed by atoms with E-state index in [9.17, 15) is 9.59 Å². The third kappa shape index (κ3) is 5.60. The highest BCUT2D eigenvalue weighted by atomic mass is 16.5. The maximum atomic E-state index is 12.2. The van der Waals surface area contributed by atoms with Crippen LogP contribution in [0.15, 0.2) is 48.5 Å². The number of para-hydroxylation sites is 1. The van der Waals surface area contributed by atoms with Gasteiger partial charge in [0.05, 0.1) is 14.2 Å². The monoisotopic (exact) mass is 369 g/mol. The zero-order valence-corrected chi connectivity index (χ0v) is 15.8. The van der Waals surface area contributed by atoms with E-state index in [1.807, 2.05) is 25.1 Å². The number of rotatable bonds is 7. The second kappa shape index (κ2) is 9.43.